The number of ether oxygens (including phenoxy) is 1. The molecule has 0 saturated heterocycles. The Balaban J connectivity index is 1.81. The Kier molecular flexibility index (Phi) is 7.48. The summed E-state index contributed by atoms with van der Waals surface area (Å²) in [6.45, 7) is 0. The molecule has 0 radical (unpaired) electrons. The van der Waals surface area contributed by atoms with E-state index in [2.05, 4.69) is 10.3 Å². The number of nitrogens with one attached hydrogen (secondary N) is 1. The number of nitrogens with zero attached hydrogens (tertiary/aromatic N) is 2. The van der Waals surface area contributed by atoms with E-state index in [-0.39, 0.29) is 17.5 Å². The average molecular weight is 545 g/mol. The van der Waals surface area contributed by atoms with Crippen LogP contribution >= 0.6 is 0 Å². The van der Waals surface area contributed by atoms with Crippen molar-refractivity contribution in [2.45, 2.75) is 18.6 Å². The van der Waals surface area contributed by atoms with Crippen molar-refractivity contribution in [1.29, 1.82) is 0 Å². The first-order valence-electron chi connectivity index (χ1n) is 11.4. The number of amides is 1. The lowest BCUT2D eigenvalue weighted by atomic mass is 9.95. The highest BCUT2D eigenvalue weighted by molar-refractivity contribution is 5.99. The monoisotopic (exact) mass is 545 g/mol. The van der Waals surface area contributed by atoms with Crippen LogP contribution in [0.5, 0.6) is 0 Å². The number of aryl methyl sites for hydroxylation is 1. The summed E-state index contributed by atoms with van der Waals surface area (Å²) in [7, 11) is 2.37. The normalized spacial score (nSPS) is 12.3. The minimum atomic E-state index is -4.84. The van der Waals surface area contributed by atoms with E-state index in [0.717, 1.165) is 42.1 Å². The van der Waals surface area contributed by atoms with Crippen molar-refractivity contribution in [3.63, 3.8) is 0 Å². The van der Waals surface area contributed by atoms with Crippen LogP contribution in [-0.4, -0.2) is 34.6 Å². The van der Waals surface area contributed by atoms with Crippen molar-refractivity contribution in [2.75, 3.05) is 7.11 Å². The van der Waals surface area contributed by atoms with Gasteiger partial charge in [0, 0.05) is 31.2 Å². The third-order valence-electron chi connectivity index (χ3n) is 6.11. The zero-order valence-corrected chi connectivity index (χ0v) is 20.5. The lowest BCUT2D eigenvalue weighted by Gasteiger charge is -2.19. The number of hydrogen-bond donors (Lipinski definition) is 1. The molecular formula is C27H20F5N3O4. The van der Waals surface area contributed by atoms with Crippen LogP contribution in [0.1, 0.15) is 21.5 Å². The maximum absolute atomic E-state index is 14.1. The lowest BCUT2D eigenvalue weighted by Crippen LogP contribution is -2.43. The SMILES string of the molecule is COC(=O)[C@H](Cc1cccc2c(-c3c(C(F)(F)F)ccn(C)c3=O)nccc12)NC(=O)c1c(F)cccc1F. The number of carbonyl (C=O) groups is 2. The second kappa shape index (κ2) is 10.6. The average Bonchev–Trinajstić information content (AvgIpc) is 2.88. The van der Waals surface area contributed by atoms with Crippen LogP contribution in [0, 0.1) is 11.6 Å². The topological polar surface area (TPSA) is 90.3 Å². The van der Waals surface area contributed by atoms with Crippen LogP contribution in [-0.2, 0) is 29.2 Å². The van der Waals surface area contributed by atoms with E-state index in [1.165, 1.54) is 31.4 Å². The van der Waals surface area contributed by atoms with Gasteiger partial charge in [0.15, 0.2) is 0 Å². The molecule has 1 N–H and O–H groups in total. The summed E-state index contributed by atoms with van der Waals surface area (Å²) in [5.74, 6) is -4.40. The van der Waals surface area contributed by atoms with Crippen LogP contribution in [0.2, 0.25) is 0 Å². The van der Waals surface area contributed by atoms with Gasteiger partial charge in [-0.3, -0.25) is 14.6 Å². The molecule has 0 fully saturated rings. The molecule has 2 heterocycles. The fourth-order valence-corrected chi connectivity index (χ4v) is 4.24. The van der Waals surface area contributed by atoms with Crippen molar-refractivity contribution in [3.8, 4) is 11.3 Å². The van der Waals surface area contributed by atoms with E-state index in [0.29, 0.717) is 10.9 Å². The number of fused-ring (bicyclic) bond motifs is 1. The number of aromatic nitrogens is 2. The molecule has 1 amide bonds. The summed E-state index contributed by atoms with van der Waals surface area (Å²) in [5, 5.41) is 2.77. The van der Waals surface area contributed by atoms with Gasteiger partial charge >= 0.3 is 12.1 Å². The number of esters is 1. The first-order chi connectivity index (χ1) is 18.4. The minimum Gasteiger partial charge on any atom is -0.467 e. The van der Waals surface area contributed by atoms with Crippen LogP contribution in [0.25, 0.3) is 22.0 Å². The molecule has 0 aliphatic rings. The van der Waals surface area contributed by atoms with Gasteiger partial charge in [0.25, 0.3) is 11.5 Å². The predicted octanol–water partition coefficient (Wildman–Crippen LogP) is 4.41. The Morgan fingerprint density at radius 1 is 1.03 bits per heavy atom. The standard InChI is InChI=1S/C27H20F5N3O4/c1-35-12-10-17(27(30,31)32)21(25(35)37)23-16-6-3-5-14(15(16)9-11-33-23)13-20(26(38)39-2)34-24(36)22-18(28)7-4-8-19(22)29/h3-12,20H,13H2,1-2H3,(H,34,36)/t20-/m0/s1. The highest BCUT2D eigenvalue weighted by Crippen LogP contribution is 2.37. The fourth-order valence-electron chi connectivity index (χ4n) is 4.24. The van der Waals surface area contributed by atoms with Crippen LogP contribution in [0.15, 0.2) is 65.7 Å². The number of rotatable bonds is 6. The third-order valence-corrected chi connectivity index (χ3v) is 6.11. The molecule has 2 aromatic heterocycles. The van der Waals surface area contributed by atoms with Crippen molar-refractivity contribution in [3.05, 3.63) is 99.6 Å². The molecule has 12 heteroatoms. The van der Waals surface area contributed by atoms with Gasteiger partial charge in [-0.25, -0.2) is 13.6 Å². The molecule has 1 atom stereocenters. The van der Waals surface area contributed by atoms with E-state index in [4.69, 9.17) is 4.74 Å². The van der Waals surface area contributed by atoms with E-state index in [9.17, 15) is 36.3 Å². The number of pyridine rings is 2. The summed E-state index contributed by atoms with van der Waals surface area (Å²) >= 11 is 0. The number of hydrogen-bond acceptors (Lipinski definition) is 5. The molecular weight excluding hydrogens is 525 g/mol. The van der Waals surface area contributed by atoms with Gasteiger partial charge in [-0.15, -0.1) is 0 Å². The fraction of sp³-hybridized carbons (Fsp3) is 0.185. The second-order valence-electron chi connectivity index (χ2n) is 8.54. The molecule has 202 valence electrons. The highest BCUT2D eigenvalue weighted by Gasteiger charge is 2.36. The largest absolute Gasteiger partial charge is 0.467 e. The summed E-state index contributed by atoms with van der Waals surface area (Å²) < 4.78 is 75.5. The van der Waals surface area contributed by atoms with Gasteiger partial charge in [-0.1, -0.05) is 24.3 Å². The lowest BCUT2D eigenvalue weighted by molar-refractivity contribution is -0.142. The smallest absolute Gasteiger partial charge is 0.417 e. The van der Waals surface area contributed by atoms with Gasteiger partial charge in [-0.05, 0) is 35.2 Å². The van der Waals surface area contributed by atoms with E-state index < -0.39 is 58.0 Å². The number of halogens is 5. The van der Waals surface area contributed by atoms with Gasteiger partial charge in [0.2, 0.25) is 0 Å². The Hall–Kier alpha value is -4.61. The maximum atomic E-state index is 14.1. The summed E-state index contributed by atoms with van der Waals surface area (Å²) in [6.07, 6.45) is -2.87. The van der Waals surface area contributed by atoms with Gasteiger partial charge in [-0.2, -0.15) is 13.2 Å². The van der Waals surface area contributed by atoms with Gasteiger partial charge in [0.05, 0.1) is 23.9 Å². The zero-order valence-electron chi connectivity index (χ0n) is 20.5. The summed E-state index contributed by atoms with van der Waals surface area (Å²) in [5.41, 5.74) is -3.49. The molecule has 0 aliphatic carbocycles. The number of alkyl halides is 3. The van der Waals surface area contributed by atoms with Crippen molar-refractivity contribution in [1.82, 2.24) is 14.9 Å². The molecule has 0 saturated carbocycles. The zero-order chi connectivity index (χ0) is 28.5. The van der Waals surface area contributed by atoms with Crippen LogP contribution < -0.4 is 10.9 Å². The molecule has 0 spiro atoms. The van der Waals surface area contributed by atoms with Crippen LogP contribution in [0.4, 0.5) is 22.0 Å². The first kappa shape index (κ1) is 27.4. The molecule has 4 aromatic rings. The number of methoxy groups -OCH3 is 1. The van der Waals surface area contributed by atoms with E-state index >= 15 is 0 Å². The van der Waals surface area contributed by atoms with Crippen molar-refractivity contribution >= 4 is 22.6 Å². The molecule has 39 heavy (non-hydrogen) atoms. The highest BCUT2D eigenvalue weighted by atomic mass is 19.4. The summed E-state index contributed by atoms with van der Waals surface area (Å²) in [6, 6.07) is 8.18. The quantitative estimate of drug-likeness (QED) is 0.286. The van der Waals surface area contributed by atoms with Crippen molar-refractivity contribution < 1.29 is 36.3 Å². The Labute approximate surface area is 217 Å². The Bertz CT molecular complexity index is 1630. The number of carbonyl (C=O) groups excluding carboxylic acids is 2. The molecule has 0 bridgehead atoms. The maximum Gasteiger partial charge on any atom is 0.417 e. The van der Waals surface area contributed by atoms with E-state index in [1.807, 2.05) is 0 Å². The molecule has 0 aliphatic heterocycles. The van der Waals surface area contributed by atoms with Gasteiger partial charge in [0.1, 0.15) is 23.2 Å². The van der Waals surface area contributed by atoms with Gasteiger partial charge < -0.3 is 14.6 Å². The molecule has 0 unspecified atom stereocenters. The molecule has 4 rings (SSSR count). The minimum absolute atomic E-state index is 0.180. The molecule has 7 nitrogen and oxygen atoms in total. The number of benzene rings is 2. The summed E-state index contributed by atoms with van der Waals surface area (Å²) in [4.78, 5) is 42.1. The predicted molar refractivity (Wildman–Crippen MR) is 131 cm³/mol. The second-order valence-corrected chi connectivity index (χ2v) is 8.54. The molecule has 2 aromatic carbocycles. The third kappa shape index (κ3) is 5.35. The van der Waals surface area contributed by atoms with E-state index in [1.54, 1.807) is 6.07 Å². The Morgan fingerprint density at radius 3 is 2.33 bits per heavy atom. The first-order valence-corrected chi connectivity index (χ1v) is 11.4. The Morgan fingerprint density at radius 2 is 1.69 bits per heavy atom. The van der Waals surface area contributed by atoms with Crippen molar-refractivity contribution in [2.24, 2.45) is 7.05 Å². The van der Waals surface area contributed by atoms with Crippen LogP contribution in [0.3, 0.4) is 0 Å².